The first-order valence-corrected chi connectivity index (χ1v) is 19.5. The van der Waals surface area contributed by atoms with E-state index in [2.05, 4.69) is 19.2 Å². The Kier molecular flexibility index (Phi) is 36.8. The fourth-order valence-corrected chi connectivity index (χ4v) is 6.50. The van der Waals surface area contributed by atoms with Gasteiger partial charge in [-0.2, -0.15) is 8.42 Å². The molecule has 0 aliphatic rings. The number of hydrogen-bond donors (Lipinski definition) is 2. The van der Waals surface area contributed by atoms with Crippen LogP contribution in [0, 0.1) is 0 Å². The average molecular weight is 590 g/mol. The predicted molar refractivity (Wildman–Crippen MR) is 180 cm³/mol. The lowest BCUT2D eigenvalue weighted by Crippen LogP contribution is -2.20. The van der Waals surface area contributed by atoms with E-state index < -0.39 is 15.4 Å². The van der Waals surface area contributed by atoms with E-state index in [0.717, 1.165) is 25.7 Å². The number of rotatable bonds is 31. The smallest absolute Gasteiger partial charge is 0.267 e. The topological polar surface area (TPSA) is 66.4 Å². The van der Waals surface area contributed by atoms with Gasteiger partial charge in [-0.25, -0.2) is 0 Å². The van der Waals surface area contributed by atoms with Crippen LogP contribution in [-0.2, 0) is 10.1 Å². The molecule has 0 amide bonds. The molecule has 0 fully saturated rings. The summed E-state index contributed by atoms with van der Waals surface area (Å²) in [6.07, 6.45) is 38.0. The molecule has 5 heteroatoms. The Morgan fingerprint density at radius 2 is 0.600 bits per heavy atom. The monoisotopic (exact) mass is 590 g/mol. The highest BCUT2D eigenvalue weighted by Gasteiger charge is 2.21. The molecule has 0 aliphatic carbocycles. The van der Waals surface area contributed by atoms with Gasteiger partial charge in [0, 0.05) is 0 Å². The summed E-state index contributed by atoms with van der Waals surface area (Å²) < 4.78 is 33.2. The standard InChI is InChI=1S/C33H68O3S.C2H7N/c1-3-5-7-9-11-13-14-15-16-17-18-19-20-21-22-24-26-28-30-32-33(37(34,35)36)31-29-27-25-23-12-10-8-6-4-2;1-3-2/h33H,3-32H2,1-2H3,(H,34,35,36);3H,1-2H3. The van der Waals surface area contributed by atoms with Crippen molar-refractivity contribution in [2.75, 3.05) is 14.1 Å². The molecule has 1 atom stereocenters. The fraction of sp³-hybridized carbons (Fsp3) is 1.00. The lowest BCUT2D eigenvalue weighted by molar-refractivity contribution is 0.442. The maximum atomic E-state index is 11.8. The van der Waals surface area contributed by atoms with E-state index >= 15 is 0 Å². The second-order valence-corrected chi connectivity index (χ2v) is 14.1. The third-order valence-corrected chi connectivity index (χ3v) is 9.49. The molecule has 0 spiro atoms. The zero-order valence-electron chi connectivity index (χ0n) is 28.0. The highest BCUT2D eigenvalue weighted by molar-refractivity contribution is 7.86. The minimum Gasteiger partial charge on any atom is -0.323 e. The molecule has 40 heavy (non-hydrogen) atoms. The van der Waals surface area contributed by atoms with Crippen LogP contribution in [0.3, 0.4) is 0 Å². The Labute approximate surface area is 253 Å². The Bertz CT molecular complexity index is 553. The zero-order chi connectivity index (χ0) is 30.0. The summed E-state index contributed by atoms with van der Waals surface area (Å²) in [6.45, 7) is 4.53. The summed E-state index contributed by atoms with van der Waals surface area (Å²) in [5.41, 5.74) is 0. The lowest BCUT2D eigenvalue weighted by Gasteiger charge is -2.13. The normalized spacial score (nSPS) is 12.3. The highest BCUT2D eigenvalue weighted by Crippen LogP contribution is 2.20. The van der Waals surface area contributed by atoms with E-state index in [-0.39, 0.29) is 0 Å². The molecule has 4 nitrogen and oxygen atoms in total. The van der Waals surface area contributed by atoms with E-state index in [4.69, 9.17) is 0 Å². The van der Waals surface area contributed by atoms with Crippen molar-refractivity contribution < 1.29 is 13.0 Å². The fourth-order valence-electron chi connectivity index (χ4n) is 5.58. The van der Waals surface area contributed by atoms with E-state index in [0.29, 0.717) is 12.8 Å². The van der Waals surface area contributed by atoms with Crippen LogP contribution in [0.5, 0.6) is 0 Å². The number of hydrogen-bond acceptors (Lipinski definition) is 3. The van der Waals surface area contributed by atoms with E-state index in [1.807, 2.05) is 14.1 Å². The van der Waals surface area contributed by atoms with Crippen LogP contribution in [0.25, 0.3) is 0 Å². The van der Waals surface area contributed by atoms with Crippen molar-refractivity contribution >= 4 is 10.1 Å². The van der Waals surface area contributed by atoms with E-state index in [1.54, 1.807) is 0 Å². The molecule has 1 unspecified atom stereocenters. The van der Waals surface area contributed by atoms with Gasteiger partial charge >= 0.3 is 0 Å². The molecule has 0 heterocycles. The number of nitrogens with one attached hydrogen (secondary N) is 1. The summed E-state index contributed by atoms with van der Waals surface area (Å²) in [6, 6.07) is 0. The van der Waals surface area contributed by atoms with Crippen LogP contribution >= 0.6 is 0 Å². The van der Waals surface area contributed by atoms with Gasteiger partial charge in [-0.05, 0) is 26.9 Å². The van der Waals surface area contributed by atoms with Gasteiger partial charge in [0.15, 0.2) is 0 Å². The van der Waals surface area contributed by atoms with Crippen molar-refractivity contribution in [2.45, 2.75) is 212 Å². The summed E-state index contributed by atoms with van der Waals surface area (Å²) in [5, 5.41) is 2.21. The molecule has 0 saturated carbocycles. The summed E-state index contributed by atoms with van der Waals surface area (Å²) in [4.78, 5) is 0. The first kappa shape index (κ1) is 42.0. The molecule has 0 rings (SSSR count). The Morgan fingerprint density at radius 1 is 0.425 bits per heavy atom. The van der Waals surface area contributed by atoms with Crippen molar-refractivity contribution in [1.29, 1.82) is 0 Å². The van der Waals surface area contributed by atoms with Crippen molar-refractivity contribution in [2.24, 2.45) is 0 Å². The maximum absolute atomic E-state index is 11.8. The molecule has 2 N–H and O–H groups in total. The SMILES string of the molecule is CCCCCCCCCCCCCCCCCCCCCC(CCCCCCCCCCC)S(=O)(=O)O.CNC. The third kappa shape index (κ3) is 35.9. The van der Waals surface area contributed by atoms with Crippen LogP contribution in [0.2, 0.25) is 0 Å². The van der Waals surface area contributed by atoms with Crippen LogP contribution in [0.4, 0.5) is 0 Å². The second kappa shape index (κ2) is 35.1. The molecule has 0 aromatic carbocycles. The van der Waals surface area contributed by atoms with E-state index in [1.165, 1.54) is 154 Å². The molecule has 244 valence electrons. The van der Waals surface area contributed by atoms with Gasteiger partial charge in [-0.15, -0.1) is 0 Å². The summed E-state index contributed by atoms with van der Waals surface area (Å²) in [7, 11) is -0.147. The van der Waals surface area contributed by atoms with Crippen LogP contribution in [0.1, 0.15) is 206 Å². The largest absolute Gasteiger partial charge is 0.323 e. The zero-order valence-corrected chi connectivity index (χ0v) is 28.8. The first-order chi connectivity index (χ1) is 19.4. The van der Waals surface area contributed by atoms with Gasteiger partial charge in [0.2, 0.25) is 0 Å². The minimum absolute atomic E-state index is 0.539. The molecular weight excluding hydrogens is 514 g/mol. The maximum Gasteiger partial charge on any atom is 0.267 e. The van der Waals surface area contributed by atoms with Crippen molar-refractivity contribution in [3.8, 4) is 0 Å². The molecule has 0 saturated heterocycles. The van der Waals surface area contributed by atoms with Crippen LogP contribution < -0.4 is 5.32 Å². The van der Waals surface area contributed by atoms with Crippen LogP contribution in [0.15, 0.2) is 0 Å². The van der Waals surface area contributed by atoms with Gasteiger partial charge in [0.1, 0.15) is 0 Å². The van der Waals surface area contributed by atoms with E-state index in [9.17, 15) is 13.0 Å². The lowest BCUT2D eigenvalue weighted by atomic mass is 10.0. The van der Waals surface area contributed by atoms with Gasteiger partial charge in [0.25, 0.3) is 10.1 Å². The summed E-state index contributed by atoms with van der Waals surface area (Å²) in [5.74, 6) is 0. The van der Waals surface area contributed by atoms with Gasteiger partial charge in [0.05, 0.1) is 5.25 Å². The Morgan fingerprint density at radius 3 is 0.775 bits per heavy atom. The molecule has 0 aromatic rings. The van der Waals surface area contributed by atoms with Crippen molar-refractivity contribution in [3.05, 3.63) is 0 Å². The van der Waals surface area contributed by atoms with Crippen molar-refractivity contribution in [1.82, 2.24) is 5.32 Å². The third-order valence-electron chi connectivity index (χ3n) is 8.18. The minimum atomic E-state index is -3.90. The second-order valence-electron chi connectivity index (χ2n) is 12.4. The van der Waals surface area contributed by atoms with Crippen molar-refractivity contribution in [3.63, 3.8) is 0 Å². The van der Waals surface area contributed by atoms with Gasteiger partial charge in [-0.1, -0.05) is 194 Å². The van der Waals surface area contributed by atoms with Gasteiger partial charge in [-0.3, -0.25) is 4.55 Å². The van der Waals surface area contributed by atoms with Gasteiger partial charge < -0.3 is 5.32 Å². The quantitative estimate of drug-likeness (QED) is 0.0623. The Hall–Kier alpha value is -0.130. The molecule has 0 aromatic heterocycles. The van der Waals surface area contributed by atoms with Crippen LogP contribution in [-0.4, -0.2) is 32.3 Å². The Balaban J connectivity index is 0. The molecular formula is C35H75NO3S. The molecule has 0 bridgehead atoms. The first-order valence-electron chi connectivity index (χ1n) is 18.0. The predicted octanol–water partition coefficient (Wildman–Crippen LogP) is 11.8. The number of unbranched alkanes of at least 4 members (excludes halogenated alkanes) is 26. The molecule has 0 aliphatic heterocycles. The molecule has 0 radical (unpaired) electrons. The highest BCUT2D eigenvalue weighted by atomic mass is 32.2. The average Bonchev–Trinajstić information content (AvgIpc) is 2.92. The summed E-state index contributed by atoms with van der Waals surface area (Å²) >= 11 is 0.